The van der Waals surface area contributed by atoms with E-state index in [2.05, 4.69) is 10.3 Å². The van der Waals surface area contributed by atoms with Crippen LogP contribution in [0.25, 0.3) is 0 Å². The molecule has 3 aromatic rings. The maximum absolute atomic E-state index is 12.7. The molecule has 0 fully saturated rings. The molecule has 0 saturated heterocycles. The number of rotatable bonds is 7. The van der Waals surface area contributed by atoms with Crippen LogP contribution in [0.2, 0.25) is 10.0 Å². The van der Waals surface area contributed by atoms with Gasteiger partial charge < -0.3 is 20.5 Å². The highest BCUT2D eigenvalue weighted by molar-refractivity contribution is 7.07. The molecule has 3 N–H and O–H groups in total. The van der Waals surface area contributed by atoms with Gasteiger partial charge in [-0.2, -0.15) is 0 Å². The normalized spacial score (nSPS) is 10.5. The van der Waals surface area contributed by atoms with Crippen molar-refractivity contribution in [1.82, 2.24) is 4.98 Å². The molecule has 0 atom stereocenters. The number of nitro groups is 1. The van der Waals surface area contributed by atoms with Gasteiger partial charge in [0.2, 0.25) is 0 Å². The van der Waals surface area contributed by atoms with E-state index >= 15 is 0 Å². The van der Waals surface area contributed by atoms with Crippen molar-refractivity contribution in [3.8, 4) is 11.5 Å². The molecule has 0 radical (unpaired) electrons. The Morgan fingerprint density at radius 1 is 1.27 bits per heavy atom. The largest absolute Gasteiger partial charge is 0.493 e. The van der Waals surface area contributed by atoms with Crippen molar-refractivity contribution < 1.29 is 19.2 Å². The third kappa shape index (κ3) is 4.73. The van der Waals surface area contributed by atoms with Gasteiger partial charge in [0.1, 0.15) is 12.2 Å². The Kier molecular flexibility index (Phi) is 6.60. The highest BCUT2D eigenvalue weighted by Gasteiger charge is 2.25. The van der Waals surface area contributed by atoms with Gasteiger partial charge in [-0.25, -0.2) is 4.98 Å². The van der Waals surface area contributed by atoms with E-state index in [-0.39, 0.29) is 45.1 Å². The molecule has 0 saturated carbocycles. The number of ether oxygens (including phenoxy) is 2. The van der Waals surface area contributed by atoms with Crippen molar-refractivity contribution in [3.05, 3.63) is 66.6 Å². The first-order valence-electron chi connectivity index (χ1n) is 8.22. The van der Waals surface area contributed by atoms with Gasteiger partial charge in [0.15, 0.2) is 11.5 Å². The van der Waals surface area contributed by atoms with Gasteiger partial charge in [0.25, 0.3) is 11.6 Å². The highest BCUT2D eigenvalue weighted by Crippen LogP contribution is 2.36. The molecule has 1 amide bonds. The molecule has 3 rings (SSSR count). The van der Waals surface area contributed by atoms with E-state index in [9.17, 15) is 14.9 Å². The predicted octanol–water partition coefficient (Wildman–Crippen LogP) is 4.78. The van der Waals surface area contributed by atoms with Crippen LogP contribution in [0.15, 0.2) is 35.2 Å². The number of hydrogen-bond donors (Lipinski definition) is 2. The lowest BCUT2D eigenvalue weighted by molar-refractivity contribution is -0.385. The number of nitro benzene ring substituents is 1. The number of thiazole rings is 1. The van der Waals surface area contributed by atoms with Crippen LogP contribution in [-0.2, 0) is 6.61 Å². The van der Waals surface area contributed by atoms with E-state index in [1.54, 1.807) is 10.9 Å². The molecule has 9 nitrogen and oxygen atoms in total. The van der Waals surface area contributed by atoms with Gasteiger partial charge in [-0.15, -0.1) is 11.3 Å². The average molecular weight is 469 g/mol. The number of carbonyl (C=O) groups excluding carboxylic acids is 1. The van der Waals surface area contributed by atoms with Crippen LogP contribution in [-0.4, -0.2) is 22.9 Å². The van der Waals surface area contributed by atoms with Crippen molar-refractivity contribution in [3.63, 3.8) is 0 Å². The Morgan fingerprint density at radius 3 is 2.53 bits per heavy atom. The smallest absolute Gasteiger partial charge is 0.286 e. The summed E-state index contributed by atoms with van der Waals surface area (Å²) >= 11 is 13.3. The summed E-state index contributed by atoms with van der Waals surface area (Å²) in [6.45, 7) is 0.0883. The number of aromatic nitrogens is 1. The lowest BCUT2D eigenvalue weighted by Gasteiger charge is -2.13. The molecule has 0 aliphatic carbocycles. The lowest BCUT2D eigenvalue weighted by atomic mass is 10.1. The number of nitrogens with zero attached hydrogens (tertiary/aromatic N) is 2. The van der Waals surface area contributed by atoms with Crippen molar-refractivity contribution in [2.45, 2.75) is 6.61 Å². The zero-order valence-corrected chi connectivity index (χ0v) is 17.7. The van der Waals surface area contributed by atoms with E-state index in [1.807, 2.05) is 0 Å². The standard InChI is InChI=1S/C18H14Cl2N4O5S/c1-28-15-4-11(18(25)23-9-2-12(19)17(21)13(20)3-9)14(24(26)27)5-16(15)29-6-10-7-30-8-22-10/h2-5,7-8H,6,21H2,1H3,(H,23,25). The summed E-state index contributed by atoms with van der Waals surface area (Å²) < 4.78 is 10.8. The van der Waals surface area contributed by atoms with Gasteiger partial charge in [-0.1, -0.05) is 23.2 Å². The second-order valence-corrected chi connectivity index (χ2v) is 7.39. The van der Waals surface area contributed by atoms with Crippen LogP contribution in [0.1, 0.15) is 16.1 Å². The maximum Gasteiger partial charge on any atom is 0.286 e. The van der Waals surface area contributed by atoms with E-state index in [0.717, 1.165) is 6.07 Å². The molecule has 1 heterocycles. The molecular weight excluding hydrogens is 455 g/mol. The second kappa shape index (κ2) is 9.16. The van der Waals surface area contributed by atoms with Crippen molar-refractivity contribution in [2.75, 3.05) is 18.2 Å². The zero-order valence-electron chi connectivity index (χ0n) is 15.3. The number of hydrogen-bond acceptors (Lipinski definition) is 8. The van der Waals surface area contributed by atoms with Gasteiger partial charge in [0.05, 0.1) is 45.0 Å². The van der Waals surface area contributed by atoms with Gasteiger partial charge in [-0.05, 0) is 12.1 Å². The summed E-state index contributed by atoms with van der Waals surface area (Å²) in [6, 6.07) is 5.12. The fraction of sp³-hybridized carbons (Fsp3) is 0.111. The number of carbonyl (C=O) groups is 1. The van der Waals surface area contributed by atoms with Crippen molar-refractivity contribution in [1.29, 1.82) is 0 Å². The third-order valence-corrected chi connectivity index (χ3v) is 5.18. The zero-order chi connectivity index (χ0) is 21.8. The molecule has 30 heavy (non-hydrogen) atoms. The topological polar surface area (TPSA) is 130 Å². The highest BCUT2D eigenvalue weighted by atomic mass is 35.5. The Bertz CT molecular complexity index is 1090. The first-order valence-corrected chi connectivity index (χ1v) is 9.92. The first kappa shape index (κ1) is 21.6. The number of nitrogens with two attached hydrogens (primary N) is 1. The number of methoxy groups -OCH3 is 1. The Morgan fingerprint density at radius 2 is 1.97 bits per heavy atom. The predicted molar refractivity (Wildman–Crippen MR) is 115 cm³/mol. The number of halogens is 2. The summed E-state index contributed by atoms with van der Waals surface area (Å²) in [7, 11) is 1.36. The quantitative estimate of drug-likeness (QED) is 0.289. The maximum atomic E-state index is 12.7. The van der Waals surface area contributed by atoms with Crippen molar-refractivity contribution >= 4 is 57.5 Å². The SMILES string of the molecule is COc1cc(C(=O)Nc2cc(Cl)c(N)c(Cl)c2)c([N+](=O)[O-])cc1OCc1cscn1. The van der Waals surface area contributed by atoms with E-state index in [4.69, 9.17) is 38.4 Å². The van der Waals surface area contributed by atoms with Crippen LogP contribution in [0, 0.1) is 10.1 Å². The van der Waals surface area contributed by atoms with E-state index in [0.29, 0.717) is 5.69 Å². The van der Waals surface area contributed by atoms with Gasteiger partial charge >= 0.3 is 0 Å². The molecule has 0 aliphatic rings. The summed E-state index contributed by atoms with van der Waals surface area (Å²) in [4.78, 5) is 27.7. The number of nitrogens with one attached hydrogen (secondary N) is 1. The Labute approximate surface area is 184 Å². The minimum atomic E-state index is -0.761. The molecule has 0 unspecified atom stereocenters. The second-order valence-electron chi connectivity index (χ2n) is 5.85. The number of anilines is 2. The molecule has 1 aromatic heterocycles. The van der Waals surface area contributed by atoms with Crippen molar-refractivity contribution in [2.24, 2.45) is 0 Å². The number of amides is 1. The minimum Gasteiger partial charge on any atom is -0.493 e. The van der Waals surface area contributed by atoms with Crippen LogP contribution >= 0.6 is 34.5 Å². The molecule has 0 aliphatic heterocycles. The van der Waals surface area contributed by atoms with Crippen LogP contribution in [0.3, 0.4) is 0 Å². The van der Waals surface area contributed by atoms with E-state index in [1.165, 1.54) is 36.6 Å². The Balaban J connectivity index is 1.92. The first-order chi connectivity index (χ1) is 14.3. The number of benzene rings is 2. The fourth-order valence-electron chi connectivity index (χ4n) is 2.47. The fourth-order valence-corrected chi connectivity index (χ4v) is 3.50. The summed E-state index contributed by atoms with van der Waals surface area (Å²) in [5.41, 5.74) is 7.65. The molecule has 12 heteroatoms. The molecule has 0 spiro atoms. The van der Waals surface area contributed by atoms with Crippen LogP contribution in [0.4, 0.5) is 17.1 Å². The molecule has 2 aromatic carbocycles. The Hall–Kier alpha value is -3.08. The lowest BCUT2D eigenvalue weighted by Crippen LogP contribution is -2.15. The molecular formula is C18H14Cl2N4O5S. The van der Waals surface area contributed by atoms with Crippen LogP contribution in [0.5, 0.6) is 11.5 Å². The van der Waals surface area contributed by atoms with Crippen LogP contribution < -0.4 is 20.5 Å². The average Bonchev–Trinajstić information content (AvgIpc) is 3.23. The molecule has 156 valence electrons. The van der Waals surface area contributed by atoms with Gasteiger partial charge in [0, 0.05) is 17.1 Å². The van der Waals surface area contributed by atoms with Gasteiger partial charge in [-0.3, -0.25) is 14.9 Å². The minimum absolute atomic E-state index is 0.0883. The number of nitrogen functional groups attached to an aromatic ring is 1. The summed E-state index contributed by atoms with van der Waals surface area (Å²) in [6.07, 6.45) is 0. The summed E-state index contributed by atoms with van der Waals surface area (Å²) in [5, 5.41) is 16.1. The van der Waals surface area contributed by atoms with E-state index < -0.39 is 16.5 Å². The summed E-state index contributed by atoms with van der Waals surface area (Å²) in [5.74, 6) is -0.510. The monoisotopic (exact) mass is 468 g/mol. The molecule has 0 bridgehead atoms. The third-order valence-electron chi connectivity index (χ3n) is 3.92.